The highest BCUT2D eigenvalue weighted by molar-refractivity contribution is 7.98. The van der Waals surface area contributed by atoms with Gasteiger partial charge < -0.3 is 10.2 Å². The molecular weight excluding hydrogens is 358 g/mol. The Balaban J connectivity index is 1.45. The molecule has 1 fully saturated rings. The monoisotopic (exact) mass is 379 g/mol. The number of carbonyl (C=O) groups is 1. The number of rotatable bonds is 4. The van der Waals surface area contributed by atoms with E-state index in [1.807, 2.05) is 42.8 Å². The van der Waals surface area contributed by atoms with E-state index in [9.17, 15) is 4.79 Å². The van der Waals surface area contributed by atoms with Crippen LogP contribution in [0.1, 0.15) is 12.8 Å². The molecule has 3 aromatic rings. The third kappa shape index (κ3) is 4.03. The lowest BCUT2D eigenvalue weighted by atomic mass is 9.96. The Morgan fingerprint density at radius 1 is 1.19 bits per heavy atom. The van der Waals surface area contributed by atoms with E-state index < -0.39 is 0 Å². The molecule has 1 amide bonds. The van der Waals surface area contributed by atoms with Crippen molar-refractivity contribution in [1.82, 2.24) is 15.0 Å². The minimum atomic E-state index is -0.0449. The van der Waals surface area contributed by atoms with E-state index in [0.29, 0.717) is 12.2 Å². The largest absolute Gasteiger partial charge is 0.369 e. The molecule has 0 spiro atoms. The molecule has 0 radical (unpaired) electrons. The number of benzene rings is 1. The first-order valence-electron chi connectivity index (χ1n) is 8.99. The second-order valence-corrected chi connectivity index (χ2v) is 7.48. The highest BCUT2D eigenvalue weighted by Gasteiger charge is 2.26. The van der Waals surface area contributed by atoms with Gasteiger partial charge in [0.25, 0.3) is 0 Å². The Morgan fingerprint density at radius 3 is 2.81 bits per heavy atom. The summed E-state index contributed by atoms with van der Waals surface area (Å²) >= 11 is 1.69. The first kappa shape index (κ1) is 17.7. The van der Waals surface area contributed by atoms with Crippen molar-refractivity contribution < 1.29 is 4.79 Å². The van der Waals surface area contributed by atoms with Crippen molar-refractivity contribution >= 4 is 40.2 Å². The highest BCUT2D eigenvalue weighted by atomic mass is 32.2. The molecule has 1 saturated heterocycles. The zero-order valence-corrected chi connectivity index (χ0v) is 15.9. The number of pyridine rings is 1. The summed E-state index contributed by atoms with van der Waals surface area (Å²) in [5, 5.41) is 3.05. The van der Waals surface area contributed by atoms with Crippen LogP contribution >= 0.6 is 11.8 Å². The second kappa shape index (κ2) is 7.92. The molecule has 0 bridgehead atoms. The fourth-order valence-corrected chi connectivity index (χ4v) is 3.77. The van der Waals surface area contributed by atoms with E-state index in [1.165, 1.54) is 4.90 Å². The topological polar surface area (TPSA) is 71.0 Å². The number of fused-ring (bicyclic) bond motifs is 1. The van der Waals surface area contributed by atoms with Crippen molar-refractivity contribution in [2.45, 2.75) is 17.7 Å². The highest BCUT2D eigenvalue weighted by Crippen LogP contribution is 2.25. The summed E-state index contributed by atoms with van der Waals surface area (Å²) in [5.41, 5.74) is 3.25. The standard InChI is InChI=1S/C20H21N5OS/c1-27-17-6-4-15(5-7-17)24-20(26)14-3-2-10-25(13-14)16-11-18-19(23-12-16)22-9-8-21-18/h4-9,11-12,14H,2-3,10,13H2,1H3,(H,24,26)/t14-/m0/s1. The number of nitrogens with zero attached hydrogens (tertiary/aromatic N) is 4. The number of hydrogen-bond donors (Lipinski definition) is 1. The minimum absolute atomic E-state index is 0.0449. The van der Waals surface area contributed by atoms with Gasteiger partial charge in [0.2, 0.25) is 5.91 Å². The van der Waals surface area contributed by atoms with E-state index in [2.05, 4.69) is 25.2 Å². The Labute approximate surface area is 162 Å². The van der Waals surface area contributed by atoms with Crippen LogP contribution in [0, 0.1) is 5.92 Å². The van der Waals surface area contributed by atoms with Crippen molar-refractivity contribution in [3.8, 4) is 0 Å². The number of thioether (sulfide) groups is 1. The number of hydrogen-bond acceptors (Lipinski definition) is 6. The summed E-state index contributed by atoms with van der Waals surface area (Å²) in [6.45, 7) is 1.60. The molecule has 3 heterocycles. The van der Waals surface area contributed by atoms with Gasteiger partial charge >= 0.3 is 0 Å². The zero-order chi connectivity index (χ0) is 18.6. The van der Waals surface area contributed by atoms with Crippen LogP contribution in [-0.2, 0) is 4.79 Å². The molecule has 1 aliphatic heterocycles. The summed E-state index contributed by atoms with van der Waals surface area (Å²) < 4.78 is 0. The molecule has 2 aromatic heterocycles. The Bertz CT molecular complexity index is 947. The third-order valence-corrected chi connectivity index (χ3v) is 5.57. The number of carbonyl (C=O) groups excluding carboxylic acids is 1. The van der Waals surface area contributed by atoms with Crippen LogP contribution in [0.15, 0.2) is 53.8 Å². The van der Waals surface area contributed by atoms with Gasteiger partial charge in [-0.3, -0.25) is 9.78 Å². The van der Waals surface area contributed by atoms with Crippen molar-refractivity contribution in [3.05, 3.63) is 48.9 Å². The van der Waals surface area contributed by atoms with E-state index in [4.69, 9.17) is 0 Å². The maximum atomic E-state index is 12.7. The number of anilines is 2. The van der Waals surface area contributed by atoms with Crippen LogP contribution in [-0.4, -0.2) is 40.2 Å². The molecule has 0 saturated carbocycles. The lowest BCUT2D eigenvalue weighted by molar-refractivity contribution is -0.120. The minimum Gasteiger partial charge on any atom is -0.369 e. The molecule has 1 atom stereocenters. The zero-order valence-electron chi connectivity index (χ0n) is 15.1. The van der Waals surface area contributed by atoms with Gasteiger partial charge in [-0.15, -0.1) is 11.8 Å². The molecule has 0 unspecified atom stereocenters. The van der Waals surface area contributed by atoms with Crippen molar-refractivity contribution in [2.75, 3.05) is 29.6 Å². The molecule has 1 aromatic carbocycles. The SMILES string of the molecule is CSc1ccc(NC(=O)[C@H]2CCCN(c3cnc4nccnc4c3)C2)cc1. The molecular formula is C20H21N5OS. The van der Waals surface area contributed by atoms with E-state index >= 15 is 0 Å². The van der Waals surface area contributed by atoms with Crippen LogP contribution < -0.4 is 10.2 Å². The second-order valence-electron chi connectivity index (χ2n) is 6.60. The fraction of sp³-hybridized carbons (Fsp3) is 0.300. The predicted octanol–water partition coefficient (Wildman–Crippen LogP) is 3.60. The number of amides is 1. The Kier molecular flexibility index (Phi) is 5.20. The number of aromatic nitrogens is 3. The maximum Gasteiger partial charge on any atom is 0.229 e. The van der Waals surface area contributed by atoms with E-state index in [-0.39, 0.29) is 11.8 Å². The van der Waals surface area contributed by atoms with Gasteiger partial charge in [0, 0.05) is 36.1 Å². The lowest BCUT2D eigenvalue weighted by Gasteiger charge is -2.33. The smallest absolute Gasteiger partial charge is 0.229 e. The van der Waals surface area contributed by atoms with Gasteiger partial charge in [0.15, 0.2) is 5.65 Å². The van der Waals surface area contributed by atoms with Crippen LogP contribution in [0.25, 0.3) is 11.2 Å². The predicted molar refractivity (Wildman–Crippen MR) is 109 cm³/mol. The van der Waals surface area contributed by atoms with Gasteiger partial charge in [-0.1, -0.05) is 0 Å². The molecule has 0 aliphatic carbocycles. The first-order valence-corrected chi connectivity index (χ1v) is 10.2. The number of piperidine rings is 1. The van der Waals surface area contributed by atoms with Crippen LogP contribution in [0.2, 0.25) is 0 Å². The Morgan fingerprint density at radius 2 is 2.00 bits per heavy atom. The molecule has 27 heavy (non-hydrogen) atoms. The van der Waals surface area contributed by atoms with Crippen molar-refractivity contribution in [2.24, 2.45) is 5.92 Å². The van der Waals surface area contributed by atoms with Gasteiger partial charge in [0.1, 0.15) is 5.52 Å². The first-order chi connectivity index (χ1) is 13.2. The van der Waals surface area contributed by atoms with E-state index in [1.54, 1.807) is 24.2 Å². The number of nitrogens with one attached hydrogen (secondary N) is 1. The summed E-state index contributed by atoms with van der Waals surface area (Å²) in [4.78, 5) is 29.1. The quantitative estimate of drug-likeness (QED) is 0.699. The van der Waals surface area contributed by atoms with Gasteiger partial charge in [-0.25, -0.2) is 9.97 Å². The fourth-order valence-electron chi connectivity index (χ4n) is 3.36. The van der Waals surface area contributed by atoms with Crippen LogP contribution in [0.3, 0.4) is 0 Å². The summed E-state index contributed by atoms with van der Waals surface area (Å²) in [5.74, 6) is 0.0293. The summed E-state index contributed by atoms with van der Waals surface area (Å²) in [6, 6.07) is 9.95. The van der Waals surface area contributed by atoms with Crippen molar-refractivity contribution in [1.29, 1.82) is 0 Å². The summed E-state index contributed by atoms with van der Waals surface area (Å²) in [7, 11) is 0. The molecule has 4 rings (SSSR count). The van der Waals surface area contributed by atoms with Gasteiger partial charge in [-0.2, -0.15) is 0 Å². The molecule has 7 heteroatoms. The van der Waals surface area contributed by atoms with E-state index in [0.717, 1.165) is 36.3 Å². The molecule has 1 N–H and O–H groups in total. The van der Waals surface area contributed by atoms with Crippen LogP contribution in [0.4, 0.5) is 11.4 Å². The third-order valence-electron chi connectivity index (χ3n) is 4.82. The average Bonchev–Trinajstić information content (AvgIpc) is 2.74. The lowest BCUT2D eigenvalue weighted by Crippen LogP contribution is -2.40. The molecule has 138 valence electrons. The average molecular weight is 379 g/mol. The molecule has 6 nitrogen and oxygen atoms in total. The normalized spacial score (nSPS) is 17.1. The Hall–Kier alpha value is -2.67. The van der Waals surface area contributed by atoms with Gasteiger partial charge in [0.05, 0.1) is 17.8 Å². The molecule has 1 aliphatic rings. The van der Waals surface area contributed by atoms with Gasteiger partial charge in [-0.05, 0) is 49.4 Å². The summed E-state index contributed by atoms with van der Waals surface area (Å²) in [6.07, 6.45) is 9.04. The van der Waals surface area contributed by atoms with Crippen molar-refractivity contribution in [3.63, 3.8) is 0 Å². The maximum absolute atomic E-state index is 12.7. The van der Waals surface area contributed by atoms with Crippen LogP contribution in [0.5, 0.6) is 0 Å².